The zero-order valence-electron chi connectivity index (χ0n) is 21.7. The molecule has 6 nitrogen and oxygen atoms in total. The van der Waals surface area contributed by atoms with Crippen LogP contribution in [-0.4, -0.2) is 46.1 Å². The van der Waals surface area contributed by atoms with Crippen molar-refractivity contribution in [2.24, 2.45) is 5.73 Å². The highest BCUT2D eigenvalue weighted by Crippen LogP contribution is 2.28. The molecular formula is C31H32FN5O. The maximum Gasteiger partial charge on any atom is 0.274 e. The number of rotatable bonds is 6. The third-order valence-corrected chi connectivity index (χ3v) is 6.98. The number of aryl methyl sites for hydroxylation is 2. The topological polar surface area (TPSA) is 84.1 Å². The molecule has 0 saturated carbocycles. The fourth-order valence-electron chi connectivity index (χ4n) is 4.86. The van der Waals surface area contributed by atoms with E-state index in [1.54, 1.807) is 6.20 Å². The van der Waals surface area contributed by atoms with Gasteiger partial charge in [-0.2, -0.15) is 0 Å². The molecule has 38 heavy (non-hydrogen) atoms. The first-order valence-electron chi connectivity index (χ1n) is 12.9. The predicted octanol–water partition coefficient (Wildman–Crippen LogP) is 5.55. The smallest absolute Gasteiger partial charge is 0.274 e. The SMILES string of the molecule is Cc1ccc(-c2cc(CN3CC[C@@H](F)[C@H](N)C3)cc(NC(=O)c3cc(-c4ccccc4)c(C)cn3)c2)cn1. The summed E-state index contributed by atoms with van der Waals surface area (Å²) in [6, 6.07) is 21.3. The van der Waals surface area contributed by atoms with E-state index in [0.717, 1.165) is 39.1 Å². The molecule has 0 bridgehead atoms. The van der Waals surface area contributed by atoms with Crippen LogP contribution < -0.4 is 11.1 Å². The molecule has 0 unspecified atom stereocenters. The van der Waals surface area contributed by atoms with Crippen molar-refractivity contribution in [1.82, 2.24) is 14.9 Å². The van der Waals surface area contributed by atoms with E-state index in [2.05, 4.69) is 26.3 Å². The molecule has 1 fully saturated rings. The van der Waals surface area contributed by atoms with Gasteiger partial charge in [0.2, 0.25) is 0 Å². The summed E-state index contributed by atoms with van der Waals surface area (Å²) in [6.07, 6.45) is 3.02. The molecule has 1 saturated heterocycles. The normalized spacial score (nSPS) is 17.8. The van der Waals surface area contributed by atoms with Crippen LogP contribution in [0.15, 0.2) is 79.1 Å². The lowest BCUT2D eigenvalue weighted by Crippen LogP contribution is -2.49. The minimum atomic E-state index is -0.964. The summed E-state index contributed by atoms with van der Waals surface area (Å²) in [5.74, 6) is -0.285. The predicted molar refractivity (Wildman–Crippen MR) is 150 cm³/mol. The van der Waals surface area contributed by atoms with Gasteiger partial charge in [0.05, 0.1) is 0 Å². The third-order valence-electron chi connectivity index (χ3n) is 6.98. The molecule has 3 N–H and O–H groups in total. The standard InChI is InChI=1S/C31H32FN5O/c1-20-16-35-30(15-27(20)23-6-4-3-5-7-23)31(38)36-26-13-22(18-37-11-10-28(32)29(33)19-37)12-25(14-26)24-9-8-21(2)34-17-24/h3-9,12-17,28-29H,10-11,18-19,33H2,1-2H3,(H,36,38)/t28-,29-/m1/s1. The van der Waals surface area contributed by atoms with Gasteiger partial charge in [-0.15, -0.1) is 0 Å². The lowest BCUT2D eigenvalue weighted by Gasteiger charge is -2.33. The van der Waals surface area contributed by atoms with E-state index in [1.165, 1.54) is 0 Å². The molecule has 0 aliphatic carbocycles. The van der Waals surface area contributed by atoms with E-state index >= 15 is 0 Å². The van der Waals surface area contributed by atoms with Crippen molar-refractivity contribution in [3.05, 3.63) is 102 Å². The number of alkyl halides is 1. The molecule has 194 valence electrons. The number of pyridine rings is 2. The number of carbonyl (C=O) groups is 1. The van der Waals surface area contributed by atoms with Gasteiger partial charge in [0.1, 0.15) is 11.9 Å². The number of nitrogens with zero attached hydrogens (tertiary/aromatic N) is 3. The van der Waals surface area contributed by atoms with Crippen LogP contribution in [0.5, 0.6) is 0 Å². The van der Waals surface area contributed by atoms with Crippen LogP contribution >= 0.6 is 0 Å². The van der Waals surface area contributed by atoms with Crippen LogP contribution in [0.1, 0.15) is 33.7 Å². The van der Waals surface area contributed by atoms with Crippen molar-refractivity contribution >= 4 is 11.6 Å². The van der Waals surface area contributed by atoms with Crippen LogP contribution in [0.2, 0.25) is 0 Å². The first kappa shape index (κ1) is 25.7. The van der Waals surface area contributed by atoms with E-state index in [0.29, 0.717) is 37.4 Å². The minimum absolute atomic E-state index is 0.285. The number of hydrogen-bond acceptors (Lipinski definition) is 5. The summed E-state index contributed by atoms with van der Waals surface area (Å²) in [5, 5.41) is 3.05. The van der Waals surface area contributed by atoms with Crippen LogP contribution in [0.3, 0.4) is 0 Å². The lowest BCUT2D eigenvalue weighted by molar-refractivity contribution is 0.102. The molecule has 1 aliphatic rings. The molecule has 2 aromatic carbocycles. The maximum absolute atomic E-state index is 13.9. The monoisotopic (exact) mass is 509 g/mol. The number of halogens is 1. The zero-order chi connectivity index (χ0) is 26.6. The second-order valence-corrected chi connectivity index (χ2v) is 10.0. The first-order valence-corrected chi connectivity index (χ1v) is 12.9. The number of nitrogens with two attached hydrogens (primary N) is 1. The summed E-state index contributed by atoms with van der Waals surface area (Å²) >= 11 is 0. The van der Waals surface area contributed by atoms with Crippen molar-refractivity contribution in [3.8, 4) is 22.3 Å². The summed E-state index contributed by atoms with van der Waals surface area (Å²) in [5.41, 5.74) is 13.8. The number of aromatic nitrogens is 2. The Morgan fingerprint density at radius 1 is 1.00 bits per heavy atom. The van der Waals surface area contributed by atoms with E-state index in [9.17, 15) is 9.18 Å². The summed E-state index contributed by atoms with van der Waals surface area (Å²) in [6.45, 7) is 5.68. The summed E-state index contributed by atoms with van der Waals surface area (Å²) in [4.78, 5) is 24.3. The summed E-state index contributed by atoms with van der Waals surface area (Å²) in [7, 11) is 0. The minimum Gasteiger partial charge on any atom is -0.324 e. The highest BCUT2D eigenvalue weighted by molar-refractivity contribution is 6.04. The Labute approximate surface area is 222 Å². The Kier molecular flexibility index (Phi) is 7.58. The quantitative estimate of drug-likeness (QED) is 0.356. The Hall–Kier alpha value is -3.94. The number of piperidine rings is 1. The van der Waals surface area contributed by atoms with E-state index in [-0.39, 0.29) is 5.91 Å². The van der Waals surface area contributed by atoms with Gasteiger partial charge >= 0.3 is 0 Å². The van der Waals surface area contributed by atoms with E-state index < -0.39 is 12.2 Å². The molecule has 0 spiro atoms. The fraction of sp³-hybridized carbons (Fsp3) is 0.258. The van der Waals surface area contributed by atoms with E-state index in [4.69, 9.17) is 5.73 Å². The van der Waals surface area contributed by atoms with Crippen LogP contribution in [-0.2, 0) is 6.54 Å². The Bertz CT molecular complexity index is 1420. The highest BCUT2D eigenvalue weighted by atomic mass is 19.1. The van der Waals surface area contributed by atoms with Gasteiger partial charge in [-0.25, -0.2) is 4.39 Å². The second-order valence-electron chi connectivity index (χ2n) is 10.0. The lowest BCUT2D eigenvalue weighted by atomic mass is 10.0. The van der Waals surface area contributed by atoms with E-state index in [1.807, 2.05) is 80.7 Å². The van der Waals surface area contributed by atoms with Gasteiger partial charge in [-0.1, -0.05) is 36.4 Å². The van der Waals surface area contributed by atoms with Crippen molar-refractivity contribution in [3.63, 3.8) is 0 Å². The van der Waals surface area contributed by atoms with Gasteiger partial charge in [-0.05, 0) is 78.4 Å². The van der Waals surface area contributed by atoms with Crippen molar-refractivity contribution in [2.75, 3.05) is 18.4 Å². The molecule has 5 rings (SSSR count). The number of carbonyl (C=O) groups excluding carboxylic acids is 1. The molecule has 1 amide bonds. The van der Waals surface area contributed by atoms with Gasteiger partial charge in [-0.3, -0.25) is 19.7 Å². The second kappa shape index (κ2) is 11.2. The highest BCUT2D eigenvalue weighted by Gasteiger charge is 2.26. The number of hydrogen-bond donors (Lipinski definition) is 2. The zero-order valence-corrected chi connectivity index (χ0v) is 21.7. The first-order chi connectivity index (χ1) is 18.4. The van der Waals surface area contributed by atoms with Gasteiger partial charge in [0, 0.05) is 55.0 Å². The third kappa shape index (κ3) is 5.96. The van der Waals surface area contributed by atoms with Crippen molar-refractivity contribution in [2.45, 2.75) is 39.0 Å². The summed E-state index contributed by atoms with van der Waals surface area (Å²) < 4.78 is 13.9. The molecule has 0 radical (unpaired) electrons. The number of benzene rings is 2. The average molecular weight is 510 g/mol. The van der Waals surface area contributed by atoms with Crippen LogP contribution in [0.4, 0.5) is 10.1 Å². The Morgan fingerprint density at radius 2 is 1.82 bits per heavy atom. The molecule has 1 aliphatic heterocycles. The fourth-order valence-corrected chi connectivity index (χ4v) is 4.86. The van der Waals surface area contributed by atoms with Gasteiger partial charge in [0.25, 0.3) is 5.91 Å². The molecule has 3 heterocycles. The number of nitrogens with one attached hydrogen (secondary N) is 1. The molecule has 4 aromatic rings. The van der Waals surface area contributed by atoms with Gasteiger partial charge < -0.3 is 11.1 Å². The maximum atomic E-state index is 13.9. The number of amides is 1. The molecule has 2 atom stereocenters. The largest absolute Gasteiger partial charge is 0.324 e. The average Bonchev–Trinajstić information content (AvgIpc) is 2.92. The Balaban J connectivity index is 1.44. The molecular weight excluding hydrogens is 477 g/mol. The van der Waals surface area contributed by atoms with Crippen molar-refractivity contribution in [1.29, 1.82) is 0 Å². The number of anilines is 1. The van der Waals surface area contributed by atoms with Crippen molar-refractivity contribution < 1.29 is 9.18 Å². The molecule has 7 heteroatoms. The van der Waals surface area contributed by atoms with Crippen LogP contribution in [0, 0.1) is 13.8 Å². The molecule has 2 aromatic heterocycles. The number of likely N-dealkylation sites (tertiary alicyclic amines) is 1. The van der Waals surface area contributed by atoms with Crippen LogP contribution in [0.25, 0.3) is 22.3 Å². The van der Waals surface area contributed by atoms with Gasteiger partial charge in [0.15, 0.2) is 0 Å². The Morgan fingerprint density at radius 3 is 2.55 bits per heavy atom.